The van der Waals surface area contributed by atoms with Crippen molar-refractivity contribution in [2.45, 2.75) is 36.3 Å². The summed E-state index contributed by atoms with van der Waals surface area (Å²) in [6.07, 6.45) is 1.30. The molecule has 6 nitrogen and oxygen atoms in total. The number of ether oxygens (including phenoxy) is 2. The molecule has 18 heavy (non-hydrogen) atoms. The second-order valence-electron chi connectivity index (χ2n) is 4.11. The first kappa shape index (κ1) is 13.5. The molecule has 1 saturated heterocycles. The molecule has 2 rings (SSSR count). The Hall–Kier alpha value is -0.890. The van der Waals surface area contributed by atoms with Gasteiger partial charge in [0.05, 0.1) is 6.10 Å². The van der Waals surface area contributed by atoms with Crippen molar-refractivity contribution in [1.29, 1.82) is 0 Å². The molecule has 0 aliphatic carbocycles. The first-order valence-corrected chi connectivity index (χ1v) is 6.72. The molecule has 0 radical (unpaired) electrons. The van der Waals surface area contributed by atoms with Gasteiger partial charge in [-0.25, -0.2) is 15.8 Å². The minimum absolute atomic E-state index is 0.255. The number of hydrazine groups is 1. The van der Waals surface area contributed by atoms with E-state index in [4.69, 9.17) is 15.3 Å². The van der Waals surface area contributed by atoms with Crippen LogP contribution in [0.1, 0.15) is 19.2 Å². The van der Waals surface area contributed by atoms with Crippen LogP contribution in [0.2, 0.25) is 0 Å². The number of anilines is 1. The fourth-order valence-electron chi connectivity index (χ4n) is 1.82. The molecule has 0 aromatic carbocycles. The Morgan fingerprint density at radius 1 is 1.61 bits per heavy atom. The number of nitrogens with zero attached hydrogens (tertiary/aromatic N) is 2. The molecule has 2 atom stereocenters. The van der Waals surface area contributed by atoms with Gasteiger partial charge in [-0.05, 0) is 13.3 Å². The second-order valence-corrected chi connectivity index (χ2v) is 5.37. The van der Waals surface area contributed by atoms with Crippen molar-refractivity contribution in [2.24, 2.45) is 5.84 Å². The maximum absolute atomic E-state index is 5.54. The van der Waals surface area contributed by atoms with Gasteiger partial charge in [0.25, 0.3) is 0 Å². The van der Waals surface area contributed by atoms with Crippen LogP contribution in [0.15, 0.2) is 11.1 Å². The molecule has 2 unspecified atom stereocenters. The van der Waals surface area contributed by atoms with E-state index >= 15 is 0 Å². The number of nitrogen functional groups attached to an aromatic ring is 1. The van der Waals surface area contributed by atoms with E-state index in [0.29, 0.717) is 23.5 Å². The summed E-state index contributed by atoms with van der Waals surface area (Å²) in [7, 11) is 1.62. The van der Waals surface area contributed by atoms with Crippen LogP contribution in [0.5, 0.6) is 0 Å². The number of aromatic nitrogens is 2. The van der Waals surface area contributed by atoms with Gasteiger partial charge in [-0.2, -0.15) is 0 Å². The van der Waals surface area contributed by atoms with Gasteiger partial charge in [0.2, 0.25) is 0 Å². The van der Waals surface area contributed by atoms with Crippen LogP contribution >= 0.6 is 11.8 Å². The predicted octanol–water partition coefficient (Wildman–Crippen LogP) is 1.18. The molecule has 0 spiro atoms. The molecule has 1 aromatic rings. The van der Waals surface area contributed by atoms with Gasteiger partial charge in [0.1, 0.15) is 17.5 Å². The fraction of sp³-hybridized carbons (Fsp3) is 0.636. The van der Waals surface area contributed by atoms with Crippen LogP contribution < -0.4 is 11.3 Å². The lowest BCUT2D eigenvalue weighted by Crippen LogP contribution is -2.15. The highest BCUT2D eigenvalue weighted by Gasteiger charge is 2.25. The monoisotopic (exact) mass is 270 g/mol. The summed E-state index contributed by atoms with van der Waals surface area (Å²) in [5, 5.41) is 1.33. The molecule has 7 heteroatoms. The van der Waals surface area contributed by atoms with Crippen LogP contribution in [0, 0.1) is 0 Å². The number of nitrogens with one attached hydrogen (secondary N) is 1. The van der Waals surface area contributed by atoms with E-state index in [1.165, 1.54) is 0 Å². The molecule has 100 valence electrons. The van der Waals surface area contributed by atoms with Crippen LogP contribution in [0.3, 0.4) is 0 Å². The number of hydrogen-bond acceptors (Lipinski definition) is 7. The van der Waals surface area contributed by atoms with Crippen molar-refractivity contribution in [1.82, 2.24) is 9.97 Å². The molecule has 1 fully saturated rings. The quantitative estimate of drug-likeness (QED) is 0.472. The van der Waals surface area contributed by atoms with Crippen molar-refractivity contribution < 1.29 is 9.47 Å². The highest BCUT2D eigenvalue weighted by atomic mass is 32.2. The van der Waals surface area contributed by atoms with Crippen LogP contribution in [-0.4, -0.2) is 35.0 Å². The van der Waals surface area contributed by atoms with E-state index in [1.54, 1.807) is 18.9 Å². The van der Waals surface area contributed by atoms with Crippen LogP contribution in [-0.2, 0) is 16.1 Å². The minimum Gasteiger partial charge on any atom is -0.377 e. The van der Waals surface area contributed by atoms with E-state index < -0.39 is 0 Å². The average Bonchev–Trinajstić information content (AvgIpc) is 2.75. The molecule has 0 amide bonds. The summed E-state index contributed by atoms with van der Waals surface area (Å²) in [6.45, 7) is 3.28. The first-order valence-electron chi connectivity index (χ1n) is 5.84. The van der Waals surface area contributed by atoms with Gasteiger partial charge in [-0.3, -0.25) is 0 Å². The Labute approximate surface area is 111 Å². The zero-order chi connectivity index (χ0) is 13.0. The van der Waals surface area contributed by atoms with Gasteiger partial charge in [-0.1, -0.05) is 0 Å². The Balaban J connectivity index is 2.12. The summed E-state index contributed by atoms with van der Waals surface area (Å²) >= 11 is 1.70. The standard InChI is InChI=1S/C11H18N4O2S/c1-7-8(3-4-17-7)18-11-5-9(15-12)13-10(14-11)6-16-2/h5,7-8H,3-4,6,12H2,1-2H3,(H,13,14,15). The largest absolute Gasteiger partial charge is 0.377 e. The highest BCUT2D eigenvalue weighted by Crippen LogP contribution is 2.32. The van der Waals surface area contributed by atoms with Crippen molar-refractivity contribution in [3.63, 3.8) is 0 Å². The Bertz CT molecular complexity index is 405. The van der Waals surface area contributed by atoms with Crippen LogP contribution in [0.25, 0.3) is 0 Å². The van der Waals surface area contributed by atoms with Crippen LogP contribution in [0.4, 0.5) is 5.82 Å². The molecule has 0 bridgehead atoms. The van der Waals surface area contributed by atoms with Crippen molar-refractivity contribution in [2.75, 3.05) is 19.1 Å². The topological polar surface area (TPSA) is 82.3 Å². The zero-order valence-electron chi connectivity index (χ0n) is 10.5. The molecular formula is C11H18N4O2S. The smallest absolute Gasteiger partial charge is 0.157 e. The third-order valence-electron chi connectivity index (χ3n) is 2.75. The van der Waals surface area contributed by atoms with Gasteiger partial charge in [0.15, 0.2) is 5.82 Å². The number of hydrogen-bond donors (Lipinski definition) is 2. The van der Waals surface area contributed by atoms with E-state index in [-0.39, 0.29) is 6.10 Å². The lowest BCUT2D eigenvalue weighted by molar-refractivity contribution is 0.127. The second kappa shape index (κ2) is 6.33. The van der Waals surface area contributed by atoms with Gasteiger partial charge in [0, 0.05) is 25.0 Å². The van der Waals surface area contributed by atoms with E-state index in [0.717, 1.165) is 18.1 Å². The lowest BCUT2D eigenvalue weighted by Gasteiger charge is -2.14. The van der Waals surface area contributed by atoms with Gasteiger partial charge >= 0.3 is 0 Å². The number of thioether (sulfide) groups is 1. The minimum atomic E-state index is 0.255. The Morgan fingerprint density at radius 3 is 3.06 bits per heavy atom. The summed E-state index contributed by atoms with van der Waals surface area (Å²) in [5.74, 6) is 6.63. The van der Waals surface area contributed by atoms with Crippen molar-refractivity contribution in [3.8, 4) is 0 Å². The first-order chi connectivity index (χ1) is 8.72. The number of methoxy groups -OCH3 is 1. The number of nitrogens with two attached hydrogens (primary N) is 1. The summed E-state index contributed by atoms with van der Waals surface area (Å²) in [4.78, 5) is 8.66. The summed E-state index contributed by atoms with van der Waals surface area (Å²) in [6, 6.07) is 1.84. The molecule has 1 aliphatic heterocycles. The SMILES string of the molecule is COCc1nc(NN)cc(SC2CCOC2C)n1. The van der Waals surface area contributed by atoms with E-state index in [1.807, 2.05) is 6.07 Å². The fourth-order valence-corrected chi connectivity index (χ4v) is 2.95. The molecule has 2 heterocycles. The van der Waals surface area contributed by atoms with Crippen molar-refractivity contribution in [3.05, 3.63) is 11.9 Å². The normalized spacial score (nSPS) is 23.3. The predicted molar refractivity (Wildman–Crippen MR) is 70.2 cm³/mol. The highest BCUT2D eigenvalue weighted by molar-refractivity contribution is 7.99. The van der Waals surface area contributed by atoms with E-state index in [2.05, 4.69) is 22.3 Å². The third kappa shape index (κ3) is 3.32. The summed E-state index contributed by atoms with van der Waals surface area (Å²) < 4.78 is 10.6. The van der Waals surface area contributed by atoms with Crippen molar-refractivity contribution >= 4 is 17.6 Å². The zero-order valence-corrected chi connectivity index (χ0v) is 11.4. The van der Waals surface area contributed by atoms with Gasteiger partial charge in [-0.15, -0.1) is 11.8 Å². The lowest BCUT2D eigenvalue weighted by atomic mass is 10.3. The summed E-state index contributed by atoms with van der Waals surface area (Å²) in [5.41, 5.74) is 2.55. The molecular weight excluding hydrogens is 252 g/mol. The third-order valence-corrected chi connectivity index (χ3v) is 4.12. The van der Waals surface area contributed by atoms with Gasteiger partial charge < -0.3 is 14.9 Å². The molecule has 1 aromatic heterocycles. The maximum atomic E-state index is 5.54. The Kier molecular flexibility index (Phi) is 4.76. The molecule has 3 N–H and O–H groups in total. The average molecular weight is 270 g/mol. The van der Waals surface area contributed by atoms with E-state index in [9.17, 15) is 0 Å². The Morgan fingerprint density at radius 2 is 2.44 bits per heavy atom. The molecule has 0 saturated carbocycles. The maximum Gasteiger partial charge on any atom is 0.157 e. The molecule has 1 aliphatic rings. The number of rotatable bonds is 5.